The summed E-state index contributed by atoms with van der Waals surface area (Å²) < 4.78 is 5.82. The molecule has 2 saturated heterocycles. The molecule has 0 radical (unpaired) electrons. The van der Waals surface area contributed by atoms with Gasteiger partial charge >= 0.3 is 0 Å². The quantitative estimate of drug-likeness (QED) is 0.714. The van der Waals surface area contributed by atoms with Gasteiger partial charge in [-0.25, -0.2) is 0 Å². The molecule has 170 valence electrons. The number of piperidine rings is 1. The van der Waals surface area contributed by atoms with Crippen LogP contribution in [0.5, 0.6) is 5.75 Å². The van der Waals surface area contributed by atoms with Gasteiger partial charge in [0.25, 0.3) is 5.91 Å². The van der Waals surface area contributed by atoms with Gasteiger partial charge in [-0.1, -0.05) is 44.2 Å². The van der Waals surface area contributed by atoms with Gasteiger partial charge in [-0.15, -0.1) is 0 Å². The summed E-state index contributed by atoms with van der Waals surface area (Å²) in [6.07, 6.45) is 2.13. The zero-order valence-corrected chi connectivity index (χ0v) is 19.6. The Balaban J connectivity index is 1.29. The summed E-state index contributed by atoms with van der Waals surface area (Å²) in [5.74, 6) is 1.62. The summed E-state index contributed by atoms with van der Waals surface area (Å²) in [4.78, 5) is 20.2. The molecule has 0 saturated carbocycles. The third-order valence-electron chi connectivity index (χ3n) is 7.53. The van der Waals surface area contributed by atoms with Gasteiger partial charge in [0.15, 0.2) is 0 Å². The molecule has 5 heteroatoms. The maximum absolute atomic E-state index is 13.3. The average molecular weight is 434 g/mol. The lowest BCUT2D eigenvalue weighted by Crippen LogP contribution is -2.63. The summed E-state index contributed by atoms with van der Waals surface area (Å²) in [7, 11) is 2.07. The van der Waals surface area contributed by atoms with Gasteiger partial charge in [-0.05, 0) is 42.5 Å². The molecule has 1 amide bonds. The molecule has 3 heterocycles. The molecule has 5 nitrogen and oxygen atoms in total. The van der Waals surface area contributed by atoms with E-state index in [0.717, 1.165) is 62.6 Å². The first-order valence-corrected chi connectivity index (χ1v) is 12.0. The van der Waals surface area contributed by atoms with Gasteiger partial charge in [0.2, 0.25) is 0 Å². The molecule has 5 rings (SSSR count). The third-order valence-corrected chi connectivity index (χ3v) is 7.53. The van der Waals surface area contributed by atoms with E-state index in [1.165, 1.54) is 5.56 Å². The van der Waals surface area contributed by atoms with Crippen molar-refractivity contribution in [3.8, 4) is 5.75 Å². The van der Waals surface area contributed by atoms with Crippen LogP contribution in [-0.4, -0.2) is 62.1 Å². The predicted molar refractivity (Wildman–Crippen MR) is 128 cm³/mol. The van der Waals surface area contributed by atoms with E-state index >= 15 is 0 Å². The van der Waals surface area contributed by atoms with E-state index < -0.39 is 0 Å². The second-order valence-corrected chi connectivity index (χ2v) is 10.2. The number of nitrogens with zero attached hydrogens (tertiary/aromatic N) is 3. The van der Waals surface area contributed by atoms with Crippen molar-refractivity contribution in [2.45, 2.75) is 32.7 Å². The molecule has 1 atom stereocenters. The Morgan fingerprint density at radius 1 is 1.09 bits per heavy atom. The van der Waals surface area contributed by atoms with E-state index in [2.05, 4.69) is 61.0 Å². The van der Waals surface area contributed by atoms with Crippen molar-refractivity contribution in [1.82, 2.24) is 9.80 Å². The predicted octanol–water partition coefficient (Wildman–Crippen LogP) is 4.45. The summed E-state index contributed by atoms with van der Waals surface area (Å²) in [6, 6.07) is 17.3. The highest BCUT2D eigenvalue weighted by atomic mass is 16.5. The molecule has 1 unspecified atom stereocenters. The summed E-state index contributed by atoms with van der Waals surface area (Å²) >= 11 is 0. The van der Waals surface area contributed by atoms with Crippen molar-refractivity contribution in [2.24, 2.45) is 11.3 Å². The lowest BCUT2D eigenvalue weighted by molar-refractivity contribution is -0.112. The van der Waals surface area contributed by atoms with Gasteiger partial charge < -0.3 is 14.5 Å². The molecule has 1 spiro atoms. The summed E-state index contributed by atoms with van der Waals surface area (Å²) in [5, 5.41) is 0. The highest BCUT2D eigenvalue weighted by Gasteiger charge is 2.54. The van der Waals surface area contributed by atoms with Crippen LogP contribution >= 0.6 is 0 Å². The molecule has 3 aliphatic rings. The Labute approximate surface area is 191 Å². The van der Waals surface area contributed by atoms with Crippen LogP contribution in [0.15, 0.2) is 48.5 Å². The second-order valence-electron chi connectivity index (χ2n) is 10.2. The Morgan fingerprint density at radius 3 is 2.56 bits per heavy atom. The SMILES string of the molecule is CC(C)CN1CC2(CCN(C(=O)c3ccc4c(c3)OCCN4C)CC2)C1c1ccccc1. The van der Waals surface area contributed by atoms with Gasteiger partial charge in [0.1, 0.15) is 12.4 Å². The number of anilines is 1. The Morgan fingerprint density at radius 2 is 1.84 bits per heavy atom. The maximum Gasteiger partial charge on any atom is 0.253 e. The molecular formula is C27H35N3O2. The minimum atomic E-state index is 0.133. The molecule has 2 aromatic rings. The lowest BCUT2D eigenvalue weighted by Gasteiger charge is -2.61. The Bertz CT molecular complexity index is 966. The monoisotopic (exact) mass is 433 g/mol. The van der Waals surface area contributed by atoms with E-state index in [-0.39, 0.29) is 11.3 Å². The van der Waals surface area contributed by atoms with E-state index in [4.69, 9.17) is 4.74 Å². The fourth-order valence-electron chi connectivity index (χ4n) is 5.96. The first kappa shape index (κ1) is 21.3. The number of likely N-dealkylation sites (tertiary alicyclic amines) is 2. The van der Waals surface area contributed by atoms with E-state index in [1.807, 2.05) is 23.1 Å². The third kappa shape index (κ3) is 3.77. The molecule has 3 aliphatic heterocycles. The number of fused-ring (bicyclic) bond motifs is 1. The molecule has 2 fully saturated rings. The standard InChI is InChI=1S/C27H35N3O2/c1-20(2)18-30-19-27(25(30)21-7-5-4-6-8-21)11-13-29(14-12-27)26(31)22-9-10-23-24(17-22)32-16-15-28(23)3/h4-10,17,20,25H,11-16,18-19H2,1-3H3. The normalized spacial score (nSPS) is 22.4. The van der Waals surface area contributed by atoms with Gasteiger partial charge in [-0.2, -0.15) is 0 Å². The van der Waals surface area contributed by atoms with Gasteiger partial charge in [-0.3, -0.25) is 9.69 Å². The number of carbonyl (C=O) groups is 1. The molecule has 0 aliphatic carbocycles. The van der Waals surface area contributed by atoms with Gasteiger partial charge in [0, 0.05) is 50.2 Å². The second kappa shape index (κ2) is 8.43. The maximum atomic E-state index is 13.3. The number of likely N-dealkylation sites (N-methyl/N-ethyl adjacent to an activating group) is 1. The molecule has 32 heavy (non-hydrogen) atoms. The number of rotatable bonds is 4. The average Bonchev–Trinajstić information content (AvgIpc) is 2.79. The largest absolute Gasteiger partial charge is 0.490 e. The van der Waals surface area contributed by atoms with E-state index in [9.17, 15) is 4.79 Å². The smallest absolute Gasteiger partial charge is 0.253 e. The van der Waals surface area contributed by atoms with Crippen LogP contribution in [0.2, 0.25) is 0 Å². The number of ether oxygens (including phenoxy) is 1. The van der Waals surface area contributed by atoms with Crippen molar-refractivity contribution in [3.05, 3.63) is 59.7 Å². The minimum absolute atomic E-state index is 0.133. The number of hydrogen-bond donors (Lipinski definition) is 0. The van der Waals surface area contributed by atoms with Crippen molar-refractivity contribution in [1.29, 1.82) is 0 Å². The first-order valence-electron chi connectivity index (χ1n) is 12.0. The number of amides is 1. The van der Waals surface area contributed by atoms with Crippen molar-refractivity contribution >= 4 is 11.6 Å². The van der Waals surface area contributed by atoms with Crippen LogP contribution in [0.3, 0.4) is 0 Å². The van der Waals surface area contributed by atoms with Crippen LogP contribution in [0, 0.1) is 11.3 Å². The number of benzene rings is 2. The van der Waals surface area contributed by atoms with Crippen LogP contribution in [0.25, 0.3) is 0 Å². The first-order chi connectivity index (χ1) is 15.5. The minimum Gasteiger partial charge on any atom is -0.490 e. The van der Waals surface area contributed by atoms with Crippen LogP contribution in [0.4, 0.5) is 5.69 Å². The van der Waals surface area contributed by atoms with Crippen LogP contribution < -0.4 is 9.64 Å². The summed E-state index contributed by atoms with van der Waals surface area (Å²) in [5.41, 5.74) is 3.52. The topological polar surface area (TPSA) is 36.0 Å². The van der Waals surface area contributed by atoms with Crippen molar-refractivity contribution in [3.63, 3.8) is 0 Å². The molecule has 2 aromatic carbocycles. The molecular weight excluding hydrogens is 398 g/mol. The van der Waals surface area contributed by atoms with Gasteiger partial charge in [0.05, 0.1) is 12.2 Å². The molecule has 0 bridgehead atoms. The van der Waals surface area contributed by atoms with Crippen molar-refractivity contribution in [2.75, 3.05) is 51.3 Å². The number of hydrogen-bond acceptors (Lipinski definition) is 4. The highest BCUT2D eigenvalue weighted by Crippen LogP contribution is 2.55. The van der Waals surface area contributed by atoms with Crippen LogP contribution in [0.1, 0.15) is 48.7 Å². The fraction of sp³-hybridized carbons (Fsp3) is 0.519. The molecule has 0 N–H and O–H groups in total. The van der Waals surface area contributed by atoms with E-state index in [0.29, 0.717) is 18.6 Å². The van der Waals surface area contributed by atoms with Crippen molar-refractivity contribution < 1.29 is 9.53 Å². The molecule has 0 aromatic heterocycles. The van der Waals surface area contributed by atoms with E-state index in [1.54, 1.807) is 0 Å². The lowest BCUT2D eigenvalue weighted by atomic mass is 9.63. The fourth-order valence-corrected chi connectivity index (χ4v) is 5.96. The Hall–Kier alpha value is -2.53. The number of carbonyl (C=O) groups excluding carboxylic acids is 1. The zero-order valence-electron chi connectivity index (χ0n) is 19.6. The highest BCUT2D eigenvalue weighted by molar-refractivity contribution is 5.95. The van der Waals surface area contributed by atoms with Crippen LogP contribution in [-0.2, 0) is 0 Å². The zero-order chi connectivity index (χ0) is 22.3. The summed E-state index contributed by atoms with van der Waals surface area (Å²) in [6.45, 7) is 10.1. The Kier molecular flexibility index (Phi) is 5.62.